The normalized spacial score (nSPS) is 22.8. The van der Waals surface area contributed by atoms with Crippen LogP contribution in [-0.2, 0) is 9.53 Å². The summed E-state index contributed by atoms with van der Waals surface area (Å²) in [5, 5.41) is 0. The molecule has 1 atom stereocenters. The summed E-state index contributed by atoms with van der Waals surface area (Å²) in [6.45, 7) is 4.23. The molecule has 0 aliphatic carbocycles. The van der Waals surface area contributed by atoms with E-state index in [0.717, 1.165) is 11.3 Å². The van der Waals surface area contributed by atoms with Crippen molar-refractivity contribution in [2.75, 3.05) is 0 Å². The first-order valence-electron chi connectivity index (χ1n) is 5.64. The number of rotatable bonds is 2. The molecule has 1 fully saturated rings. The maximum Gasteiger partial charge on any atom is 0.311 e. The highest BCUT2D eigenvalue weighted by atomic mass is 16.5. The lowest BCUT2D eigenvalue weighted by Gasteiger charge is -2.12. The predicted molar refractivity (Wildman–Crippen MR) is 63.5 cm³/mol. The predicted octanol–water partition coefficient (Wildman–Crippen LogP) is 3.25. The monoisotopic (exact) mass is 216 g/mol. The van der Waals surface area contributed by atoms with Crippen LogP contribution in [0.1, 0.15) is 25.8 Å². The number of carbonyl (C=O) groups is 1. The second kappa shape index (κ2) is 4.52. The summed E-state index contributed by atoms with van der Waals surface area (Å²) in [5.74, 6) is 1.36. The molecule has 0 radical (unpaired) electrons. The Morgan fingerprint density at radius 1 is 1.31 bits per heavy atom. The van der Waals surface area contributed by atoms with E-state index in [1.54, 1.807) is 0 Å². The third-order valence-electron chi connectivity index (χ3n) is 2.90. The SMILES string of the molecule is CC(C)C1CC(=O)O/C1=C\c1ccccc1. The van der Waals surface area contributed by atoms with Gasteiger partial charge in [-0.05, 0) is 17.6 Å². The van der Waals surface area contributed by atoms with Gasteiger partial charge in [0.15, 0.2) is 0 Å². The van der Waals surface area contributed by atoms with Crippen molar-refractivity contribution in [3.8, 4) is 0 Å². The molecule has 0 N–H and O–H groups in total. The average molecular weight is 216 g/mol. The molecule has 1 aromatic rings. The van der Waals surface area contributed by atoms with E-state index in [2.05, 4.69) is 13.8 Å². The number of benzene rings is 1. The minimum atomic E-state index is -0.110. The van der Waals surface area contributed by atoms with E-state index in [1.165, 1.54) is 0 Å². The number of ether oxygens (including phenoxy) is 1. The molecule has 1 aromatic carbocycles. The summed E-state index contributed by atoms with van der Waals surface area (Å²) in [4.78, 5) is 11.3. The van der Waals surface area contributed by atoms with Crippen molar-refractivity contribution in [2.45, 2.75) is 20.3 Å². The van der Waals surface area contributed by atoms with E-state index >= 15 is 0 Å². The van der Waals surface area contributed by atoms with E-state index < -0.39 is 0 Å². The first-order chi connectivity index (χ1) is 7.66. The Bertz CT molecular complexity index is 404. The molecular formula is C14H16O2. The minimum absolute atomic E-state index is 0.110. The van der Waals surface area contributed by atoms with Crippen LogP contribution in [0.3, 0.4) is 0 Å². The quantitative estimate of drug-likeness (QED) is 0.709. The Labute approximate surface area is 95.9 Å². The Kier molecular flexibility index (Phi) is 3.09. The molecule has 0 amide bonds. The van der Waals surface area contributed by atoms with Gasteiger partial charge in [0.1, 0.15) is 5.76 Å². The number of hydrogen-bond acceptors (Lipinski definition) is 2. The summed E-state index contributed by atoms with van der Waals surface area (Å²) in [6.07, 6.45) is 2.48. The van der Waals surface area contributed by atoms with Crippen molar-refractivity contribution in [1.82, 2.24) is 0 Å². The fourth-order valence-corrected chi connectivity index (χ4v) is 1.94. The highest BCUT2D eigenvalue weighted by Crippen LogP contribution is 2.33. The zero-order chi connectivity index (χ0) is 11.5. The van der Waals surface area contributed by atoms with Crippen molar-refractivity contribution in [3.05, 3.63) is 41.7 Å². The molecule has 1 aliphatic heterocycles. The van der Waals surface area contributed by atoms with E-state index in [1.807, 2.05) is 36.4 Å². The van der Waals surface area contributed by atoms with Crippen LogP contribution in [0.4, 0.5) is 0 Å². The van der Waals surface area contributed by atoms with E-state index in [4.69, 9.17) is 4.74 Å². The van der Waals surface area contributed by atoms with E-state index in [0.29, 0.717) is 12.3 Å². The Balaban J connectivity index is 2.26. The first-order valence-corrected chi connectivity index (χ1v) is 5.64. The molecule has 1 aliphatic rings. The van der Waals surface area contributed by atoms with Gasteiger partial charge in [0.05, 0.1) is 6.42 Å². The number of cyclic esters (lactones) is 1. The second-order valence-corrected chi connectivity index (χ2v) is 4.49. The third-order valence-corrected chi connectivity index (χ3v) is 2.90. The van der Waals surface area contributed by atoms with Gasteiger partial charge in [-0.3, -0.25) is 4.79 Å². The van der Waals surface area contributed by atoms with Crippen molar-refractivity contribution < 1.29 is 9.53 Å². The molecule has 1 unspecified atom stereocenters. The second-order valence-electron chi connectivity index (χ2n) is 4.49. The van der Waals surface area contributed by atoms with Gasteiger partial charge in [-0.1, -0.05) is 44.2 Å². The highest BCUT2D eigenvalue weighted by molar-refractivity contribution is 5.76. The largest absolute Gasteiger partial charge is 0.431 e. The van der Waals surface area contributed by atoms with E-state index in [-0.39, 0.29) is 11.9 Å². The van der Waals surface area contributed by atoms with Crippen molar-refractivity contribution in [2.24, 2.45) is 11.8 Å². The molecule has 16 heavy (non-hydrogen) atoms. The molecular weight excluding hydrogens is 200 g/mol. The number of carbonyl (C=O) groups excluding carboxylic acids is 1. The molecule has 1 saturated heterocycles. The maximum atomic E-state index is 11.3. The first kappa shape index (κ1) is 10.9. The van der Waals surface area contributed by atoms with Gasteiger partial charge >= 0.3 is 5.97 Å². The van der Waals surface area contributed by atoms with Crippen LogP contribution in [0, 0.1) is 11.8 Å². The summed E-state index contributed by atoms with van der Waals surface area (Å²) in [7, 11) is 0. The molecule has 0 aromatic heterocycles. The van der Waals surface area contributed by atoms with Crippen molar-refractivity contribution in [1.29, 1.82) is 0 Å². The van der Waals surface area contributed by atoms with Crippen molar-refractivity contribution >= 4 is 12.0 Å². The van der Waals surface area contributed by atoms with Gasteiger partial charge in [0, 0.05) is 5.92 Å². The molecule has 0 saturated carbocycles. The zero-order valence-corrected chi connectivity index (χ0v) is 9.64. The van der Waals surface area contributed by atoms with Crippen LogP contribution in [0.5, 0.6) is 0 Å². The highest BCUT2D eigenvalue weighted by Gasteiger charge is 2.31. The summed E-state index contributed by atoms with van der Waals surface area (Å²) in [5.41, 5.74) is 1.08. The lowest BCUT2D eigenvalue weighted by Crippen LogP contribution is -2.06. The lowest BCUT2D eigenvalue weighted by atomic mass is 9.92. The topological polar surface area (TPSA) is 26.3 Å². The van der Waals surface area contributed by atoms with Gasteiger partial charge in [-0.2, -0.15) is 0 Å². The maximum absolute atomic E-state index is 11.3. The molecule has 1 heterocycles. The van der Waals surface area contributed by atoms with Gasteiger partial charge in [0.25, 0.3) is 0 Å². The van der Waals surface area contributed by atoms with E-state index in [9.17, 15) is 4.79 Å². The van der Waals surface area contributed by atoms with Crippen LogP contribution >= 0.6 is 0 Å². The Morgan fingerprint density at radius 3 is 2.62 bits per heavy atom. The molecule has 0 bridgehead atoms. The zero-order valence-electron chi connectivity index (χ0n) is 9.64. The number of esters is 1. The summed E-state index contributed by atoms with van der Waals surface area (Å²) < 4.78 is 5.26. The average Bonchev–Trinajstić information content (AvgIpc) is 2.61. The van der Waals surface area contributed by atoms with Crippen LogP contribution in [0.2, 0.25) is 0 Å². The minimum Gasteiger partial charge on any atom is -0.431 e. The third kappa shape index (κ3) is 2.32. The van der Waals surface area contributed by atoms with Gasteiger partial charge in [-0.25, -0.2) is 0 Å². The molecule has 84 valence electrons. The lowest BCUT2D eigenvalue weighted by molar-refractivity contribution is -0.135. The molecule has 2 nitrogen and oxygen atoms in total. The Morgan fingerprint density at radius 2 is 2.00 bits per heavy atom. The fourth-order valence-electron chi connectivity index (χ4n) is 1.94. The standard InChI is InChI=1S/C14H16O2/c1-10(2)12-9-14(15)16-13(12)8-11-6-4-3-5-7-11/h3-8,10,12H,9H2,1-2H3/b13-8-. The molecule has 0 spiro atoms. The van der Waals surface area contributed by atoms with Gasteiger partial charge in [-0.15, -0.1) is 0 Å². The van der Waals surface area contributed by atoms with Crippen LogP contribution in [-0.4, -0.2) is 5.97 Å². The van der Waals surface area contributed by atoms with Crippen LogP contribution in [0.15, 0.2) is 36.1 Å². The molecule has 2 rings (SSSR count). The van der Waals surface area contributed by atoms with Crippen molar-refractivity contribution in [3.63, 3.8) is 0 Å². The summed E-state index contributed by atoms with van der Waals surface area (Å²) >= 11 is 0. The fraction of sp³-hybridized carbons (Fsp3) is 0.357. The van der Waals surface area contributed by atoms with Crippen LogP contribution < -0.4 is 0 Å². The van der Waals surface area contributed by atoms with Gasteiger partial charge < -0.3 is 4.74 Å². The summed E-state index contributed by atoms with van der Waals surface area (Å²) in [6, 6.07) is 9.96. The number of hydrogen-bond donors (Lipinski definition) is 0. The van der Waals surface area contributed by atoms with Gasteiger partial charge in [0.2, 0.25) is 0 Å². The molecule has 2 heteroatoms. The number of allylic oxidation sites excluding steroid dienone is 1. The Hall–Kier alpha value is -1.57. The smallest absolute Gasteiger partial charge is 0.311 e. The van der Waals surface area contributed by atoms with Crippen LogP contribution in [0.25, 0.3) is 6.08 Å².